The SMILES string of the molecule is CCNC(=O)Cn1c(C)c(Br)c(C)nc1=O. The molecule has 0 saturated carbocycles. The van der Waals surface area contributed by atoms with Gasteiger partial charge in [-0.25, -0.2) is 4.79 Å². The van der Waals surface area contributed by atoms with E-state index in [0.717, 1.165) is 4.47 Å². The number of likely N-dealkylation sites (N-methyl/N-ethyl adjacent to an activating group) is 1. The Bertz CT molecular complexity index is 468. The molecule has 0 fully saturated rings. The molecule has 1 N–H and O–H groups in total. The Morgan fingerprint density at radius 2 is 2.12 bits per heavy atom. The number of aryl methyl sites for hydroxylation is 1. The lowest BCUT2D eigenvalue weighted by molar-refractivity contribution is -0.121. The molecule has 0 radical (unpaired) electrons. The van der Waals surface area contributed by atoms with Crippen LogP contribution in [0.4, 0.5) is 0 Å². The van der Waals surface area contributed by atoms with Gasteiger partial charge in [0, 0.05) is 12.2 Å². The quantitative estimate of drug-likeness (QED) is 0.893. The largest absolute Gasteiger partial charge is 0.355 e. The van der Waals surface area contributed by atoms with Crippen LogP contribution in [0.3, 0.4) is 0 Å². The van der Waals surface area contributed by atoms with Crippen molar-refractivity contribution in [1.82, 2.24) is 14.9 Å². The first-order chi connectivity index (χ1) is 7.47. The third kappa shape index (κ3) is 2.69. The van der Waals surface area contributed by atoms with E-state index in [2.05, 4.69) is 26.2 Å². The van der Waals surface area contributed by atoms with Crippen LogP contribution in [0.2, 0.25) is 0 Å². The molecule has 0 bridgehead atoms. The summed E-state index contributed by atoms with van der Waals surface area (Å²) in [7, 11) is 0. The molecule has 1 aromatic heterocycles. The maximum atomic E-state index is 11.6. The van der Waals surface area contributed by atoms with Gasteiger partial charge in [-0.1, -0.05) is 0 Å². The molecule has 6 heteroatoms. The number of hydrogen-bond donors (Lipinski definition) is 1. The fraction of sp³-hybridized carbons (Fsp3) is 0.500. The summed E-state index contributed by atoms with van der Waals surface area (Å²) in [4.78, 5) is 26.8. The lowest BCUT2D eigenvalue weighted by atomic mass is 10.3. The third-order valence-electron chi connectivity index (χ3n) is 2.21. The molecule has 16 heavy (non-hydrogen) atoms. The van der Waals surface area contributed by atoms with E-state index in [4.69, 9.17) is 0 Å². The smallest absolute Gasteiger partial charge is 0.348 e. The molecule has 0 aliphatic carbocycles. The molecule has 0 unspecified atom stereocenters. The van der Waals surface area contributed by atoms with E-state index in [9.17, 15) is 9.59 Å². The normalized spacial score (nSPS) is 10.2. The topological polar surface area (TPSA) is 64.0 Å². The summed E-state index contributed by atoms with van der Waals surface area (Å²) in [5.74, 6) is -0.190. The summed E-state index contributed by atoms with van der Waals surface area (Å²) in [6.07, 6.45) is 0. The average molecular weight is 288 g/mol. The standard InChI is InChI=1S/C10H14BrN3O2/c1-4-12-8(15)5-14-7(3)9(11)6(2)13-10(14)16/h4-5H2,1-3H3,(H,12,15). The van der Waals surface area contributed by atoms with Gasteiger partial charge in [-0.2, -0.15) is 4.98 Å². The van der Waals surface area contributed by atoms with Gasteiger partial charge < -0.3 is 5.32 Å². The van der Waals surface area contributed by atoms with Gasteiger partial charge in [-0.3, -0.25) is 9.36 Å². The van der Waals surface area contributed by atoms with E-state index < -0.39 is 5.69 Å². The van der Waals surface area contributed by atoms with Crippen LogP contribution in [0.15, 0.2) is 9.27 Å². The summed E-state index contributed by atoms with van der Waals surface area (Å²) in [6.45, 7) is 5.91. The summed E-state index contributed by atoms with van der Waals surface area (Å²) in [5, 5.41) is 2.64. The van der Waals surface area contributed by atoms with Gasteiger partial charge in [0.25, 0.3) is 0 Å². The number of halogens is 1. The molecule has 0 saturated heterocycles. The Morgan fingerprint density at radius 3 is 2.69 bits per heavy atom. The minimum absolute atomic E-state index is 0.00435. The Balaban J connectivity index is 3.10. The predicted molar refractivity (Wildman–Crippen MR) is 64.4 cm³/mol. The predicted octanol–water partition coefficient (Wildman–Crippen LogP) is 0.759. The van der Waals surface area contributed by atoms with Crippen molar-refractivity contribution in [3.63, 3.8) is 0 Å². The first-order valence-electron chi connectivity index (χ1n) is 4.97. The molecular weight excluding hydrogens is 274 g/mol. The highest BCUT2D eigenvalue weighted by Gasteiger charge is 2.11. The van der Waals surface area contributed by atoms with Crippen LogP contribution >= 0.6 is 15.9 Å². The Morgan fingerprint density at radius 1 is 1.50 bits per heavy atom. The number of nitrogens with zero attached hydrogens (tertiary/aromatic N) is 2. The fourth-order valence-electron chi connectivity index (χ4n) is 1.36. The van der Waals surface area contributed by atoms with Gasteiger partial charge in [0.2, 0.25) is 5.91 Å². The molecule has 0 aromatic carbocycles. The van der Waals surface area contributed by atoms with Crippen LogP contribution in [-0.4, -0.2) is 22.0 Å². The van der Waals surface area contributed by atoms with Crippen LogP contribution in [0.1, 0.15) is 18.3 Å². The second-order valence-electron chi connectivity index (χ2n) is 3.42. The number of hydrogen-bond acceptors (Lipinski definition) is 3. The summed E-state index contributed by atoms with van der Waals surface area (Å²) >= 11 is 3.34. The Labute approximate surface area is 102 Å². The fourth-order valence-corrected chi connectivity index (χ4v) is 1.66. The second kappa shape index (κ2) is 5.25. The molecule has 0 aliphatic heterocycles. The zero-order chi connectivity index (χ0) is 12.3. The van der Waals surface area contributed by atoms with E-state index in [0.29, 0.717) is 17.9 Å². The van der Waals surface area contributed by atoms with Crippen LogP contribution in [0, 0.1) is 13.8 Å². The summed E-state index contributed by atoms with van der Waals surface area (Å²) in [6, 6.07) is 0. The molecule has 0 spiro atoms. The number of amides is 1. The van der Waals surface area contributed by atoms with Crippen molar-refractivity contribution in [2.45, 2.75) is 27.3 Å². The molecule has 1 heterocycles. The Hall–Kier alpha value is -1.17. The zero-order valence-corrected chi connectivity index (χ0v) is 11.1. The van der Waals surface area contributed by atoms with Gasteiger partial charge >= 0.3 is 5.69 Å². The van der Waals surface area contributed by atoms with Crippen LogP contribution < -0.4 is 11.0 Å². The third-order valence-corrected chi connectivity index (χ3v) is 3.36. The Kier molecular flexibility index (Phi) is 4.23. The van der Waals surface area contributed by atoms with Crippen molar-refractivity contribution in [3.8, 4) is 0 Å². The van der Waals surface area contributed by atoms with Crippen molar-refractivity contribution in [3.05, 3.63) is 26.3 Å². The minimum Gasteiger partial charge on any atom is -0.355 e. The van der Waals surface area contributed by atoms with Crippen molar-refractivity contribution in [1.29, 1.82) is 0 Å². The van der Waals surface area contributed by atoms with Crippen molar-refractivity contribution in [2.75, 3.05) is 6.54 Å². The highest BCUT2D eigenvalue weighted by atomic mass is 79.9. The highest BCUT2D eigenvalue weighted by Crippen LogP contribution is 2.16. The van der Waals surface area contributed by atoms with E-state index in [1.807, 2.05) is 6.92 Å². The maximum absolute atomic E-state index is 11.6. The molecule has 5 nitrogen and oxygen atoms in total. The molecule has 0 aliphatic rings. The highest BCUT2D eigenvalue weighted by molar-refractivity contribution is 9.10. The second-order valence-corrected chi connectivity index (χ2v) is 4.21. The lowest BCUT2D eigenvalue weighted by Gasteiger charge is -2.11. The monoisotopic (exact) mass is 287 g/mol. The molecule has 0 atom stereocenters. The van der Waals surface area contributed by atoms with Crippen LogP contribution in [-0.2, 0) is 11.3 Å². The lowest BCUT2D eigenvalue weighted by Crippen LogP contribution is -2.34. The summed E-state index contributed by atoms with van der Waals surface area (Å²) in [5.41, 5.74) is 0.947. The molecule has 1 amide bonds. The van der Waals surface area contributed by atoms with Gasteiger partial charge in [-0.05, 0) is 36.7 Å². The van der Waals surface area contributed by atoms with E-state index in [1.54, 1.807) is 13.8 Å². The number of carbonyl (C=O) groups excluding carboxylic acids is 1. The maximum Gasteiger partial charge on any atom is 0.348 e. The number of nitrogens with one attached hydrogen (secondary N) is 1. The molecular formula is C10H14BrN3O2. The van der Waals surface area contributed by atoms with E-state index in [1.165, 1.54) is 4.57 Å². The van der Waals surface area contributed by atoms with E-state index >= 15 is 0 Å². The zero-order valence-electron chi connectivity index (χ0n) is 9.50. The molecule has 1 rings (SSSR count). The minimum atomic E-state index is -0.399. The number of rotatable bonds is 3. The van der Waals surface area contributed by atoms with E-state index in [-0.39, 0.29) is 12.5 Å². The van der Waals surface area contributed by atoms with Crippen molar-refractivity contribution in [2.24, 2.45) is 0 Å². The molecule has 1 aromatic rings. The van der Waals surface area contributed by atoms with Crippen LogP contribution in [0.5, 0.6) is 0 Å². The summed E-state index contributed by atoms with van der Waals surface area (Å²) < 4.78 is 2.11. The van der Waals surface area contributed by atoms with Gasteiger partial charge in [0.05, 0.1) is 10.2 Å². The first-order valence-corrected chi connectivity index (χ1v) is 5.77. The van der Waals surface area contributed by atoms with Gasteiger partial charge in [-0.15, -0.1) is 0 Å². The van der Waals surface area contributed by atoms with Crippen molar-refractivity contribution >= 4 is 21.8 Å². The molecule has 88 valence electrons. The van der Waals surface area contributed by atoms with Gasteiger partial charge in [0.15, 0.2) is 0 Å². The number of aromatic nitrogens is 2. The van der Waals surface area contributed by atoms with Gasteiger partial charge in [0.1, 0.15) is 6.54 Å². The van der Waals surface area contributed by atoms with Crippen LogP contribution in [0.25, 0.3) is 0 Å². The van der Waals surface area contributed by atoms with Crippen molar-refractivity contribution < 1.29 is 4.79 Å². The number of carbonyl (C=O) groups is 1. The first kappa shape index (κ1) is 12.9. The average Bonchev–Trinajstić information content (AvgIpc) is 2.22.